The molecule has 1 saturated heterocycles. The zero-order chi connectivity index (χ0) is 13.7. The van der Waals surface area contributed by atoms with Crippen LogP contribution in [0.2, 0.25) is 0 Å². The number of non-ortho nitro benzene ring substituents is 1. The average Bonchev–Trinajstić information content (AvgIpc) is 2.67. The largest absolute Gasteiger partial charge is 0.314 e. The highest BCUT2D eigenvalue weighted by molar-refractivity contribution is 5.96. The Bertz CT molecular complexity index is 448. The summed E-state index contributed by atoms with van der Waals surface area (Å²) in [6.07, 6.45) is 5.04. The minimum absolute atomic E-state index is 0.0177. The van der Waals surface area contributed by atoms with Gasteiger partial charge in [0.1, 0.15) is 0 Å². The number of carbonyl (C=O) groups excluding carboxylic acids is 1. The van der Waals surface area contributed by atoms with Crippen LogP contribution in [0.15, 0.2) is 24.3 Å². The van der Waals surface area contributed by atoms with E-state index in [-0.39, 0.29) is 17.5 Å². The number of hydrogen-bond acceptors (Lipinski definition) is 4. The van der Waals surface area contributed by atoms with Crippen molar-refractivity contribution >= 4 is 11.5 Å². The van der Waals surface area contributed by atoms with Gasteiger partial charge in [0, 0.05) is 30.2 Å². The zero-order valence-corrected chi connectivity index (χ0v) is 10.8. The second kappa shape index (κ2) is 6.43. The SMILES string of the molecule is O=C(CC1CCCCCN1)c1ccc([N+](=O)[O-])cc1. The van der Waals surface area contributed by atoms with Crippen molar-refractivity contribution < 1.29 is 9.72 Å². The molecule has 1 unspecified atom stereocenters. The number of ketones is 1. The van der Waals surface area contributed by atoms with Crippen LogP contribution in [0.5, 0.6) is 0 Å². The van der Waals surface area contributed by atoms with E-state index in [0.29, 0.717) is 12.0 Å². The third kappa shape index (κ3) is 3.86. The second-order valence-electron chi connectivity index (χ2n) is 4.93. The number of nitro groups is 1. The predicted octanol–water partition coefficient (Wildman–Crippen LogP) is 2.70. The lowest BCUT2D eigenvalue weighted by Gasteiger charge is -2.14. The molecule has 0 radical (unpaired) electrons. The van der Waals surface area contributed by atoms with Gasteiger partial charge >= 0.3 is 0 Å². The number of hydrogen-bond donors (Lipinski definition) is 1. The molecule has 1 heterocycles. The van der Waals surface area contributed by atoms with Gasteiger partial charge in [0.05, 0.1) is 4.92 Å². The summed E-state index contributed by atoms with van der Waals surface area (Å²) < 4.78 is 0. The molecule has 1 aromatic carbocycles. The summed E-state index contributed by atoms with van der Waals surface area (Å²) in [7, 11) is 0. The monoisotopic (exact) mass is 262 g/mol. The Hall–Kier alpha value is -1.75. The van der Waals surface area contributed by atoms with Crippen molar-refractivity contribution in [3.63, 3.8) is 0 Å². The van der Waals surface area contributed by atoms with Gasteiger partial charge in [-0.2, -0.15) is 0 Å². The van der Waals surface area contributed by atoms with E-state index in [1.165, 1.54) is 37.1 Å². The average molecular weight is 262 g/mol. The second-order valence-corrected chi connectivity index (χ2v) is 4.93. The molecule has 0 bridgehead atoms. The Morgan fingerprint density at radius 2 is 2.00 bits per heavy atom. The quantitative estimate of drug-likeness (QED) is 0.514. The van der Waals surface area contributed by atoms with Crippen LogP contribution in [0.1, 0.15) is 42.5 Å². The zero-order valence-electron chi connectivity index (χ0n) is 10.8. The van der Waals surface area contributed by atoms with E-state index in [9.17, 15) is 14.9 Å². The minimum Gasteiger partial charge on any atom is -0.314 e. The summed E-state index contributed by atoms with van der Waals surface area (Å²) in [5.41, 5.74) is 0.570. The fourth-order valence-electron chi connectivity index (χ4n) is 2.39. The smallest absolute Gasteiger partial charge is 0.269 e. The number of rotatable bonds is 4. The van der Waals surface area contributed by atoms with Crippen molar-refractivity contribution in [2.24, 2.45) is 0 Å². The number of nitro benzene ring substituents is 1. The summed E-state index contributed by atoms with van der Waals surface area (Å²) in [5, 5.41) is 13.9. The van der Waals surface area contributed by atoms with E-state index in [1.54, 1.807) is 0 Å². The first-order valence-corrected chi connectivity index (χ1v) is 6.68. The van der Waals surface area contributed by atoms with Crippen molar-refractivity contribution in [2.75, 3.05) is 6.54 Å². The highest BCUT2D eigenvalue weighted by Crippen LogP contribution is 2.16. The summed E-state index contributed by atoms with van der Waals surface area (Å²) in [6.45, 7) is 0.970. The standard InChI is InChI=1S/C14H18N2O3/c17-14(10-12-4-2-1-3-9-15-12)11-5-7-13(8-6-11)16(18)19/h5-8,12,15H,1-4,9-10H2. The molecule has 1 aliphatic rings. The van der Waals surface area contributed by atoms with Crippen molar-refractivity contribution in [3.05, 3.63) is 39.9 Å². The van der Waals surface area contributed by atoms with Crippen LogP contribution >= 0.6 is 0 Å². The third-order valence-corrected chi connectivity index (χ3v) is 3.49. The van der Waals surface area contributed by atoms with Crippen molar-refractivity contribution in [3.8, 4) is 0 Å². The molecule has 1 aromatic rings. The molecule has 0 aliphatic carbocycles. The van der Waals surface area contributed by atoms with Crippen LogP contribution < -0.4 is 5.32 Å². The number of benzene rings is 1. The highest BCUT2D eigenvalue weighted by Gasteiger charge is 2.17. The van der Waals surface area contributed by atoms with Gasteiger partial charge in [0.2, 0.25) is 0 Å². The van der Waals surface area contributed by atoms with Gasteiger partial charge in [0.15, 0.2) is 5.78 Å². The minimum atomic E-state index is -0.457. The van der Waals surface area contributed by atoms with E-state index in [4.69, 9.17) is 0 Å². The first kappa shape index (κ1) is 13.7. The Morgan fingerprint density at radius 1 is 1.26 bits per heavy atom. The van der Waals surface area contributed by atoms with Crippen LogP contribution in [0.25, 0.3) is 0 Å². The topological polar surface area (TPSA) is 72.2 Å². The van der Waals surface area contributed by atoms with Crippen molar-refractivity contribution in [2.45, 2.75) is 38.1 Å². The first-order valence-electron chi connectivity index (χ1n) is 6.68. The maximum absolute atomic E-state index is 12.1. The maximum Gasteiger partial charge on any atom is 0.269 e. The molecule has 1 fully saturated rings. The molecule has 0 spiro atoms. The van der Waals surface area contributed by atoms with Gasteiger partial charge in [-0.1, -0.05) is 12.8 Å². The van der Waals surface area contributed by atoms with Crippen LogP contribution in [0.4, 0.5) is 5.69 Å². The van der Waals surface area contributed by atoms with Gasteiger partial charge in [-0.25, -0.2) is 0 Å². The maximum atomic E-state index is 12.1. The molecule has 19 heavy (non-hydrogen) atoms. The lowest BCUT2D eigenvalue weighted by atomic mass is 10.0. The summed E-state index contributed by atoms with van der Waals surface area (Å²) in [6, 6.07) is 6.08. The highest BCUT2D eigenvalue weighted by atomic mass is 16.6. The van der Waals surface area contributed by atoms with Crippen molar-refractivity contribution in [1.82, 2.24) is 5.32 Å². The number of nitrogens with zero attached hydrogens (tertiary/aromatic N) is 1. The Balaban J connectivity index is 1.96. The van der Waals surface area contributed by atoms with Gasteiger partial charge in [-0.05, 0) is 31.5 Å². The Morgan fingerprint density at radius 3 is 2.68 bits per heavy atom. The van der Waals surface area contributed by atoms with Crippen LogP contribution in [-0.4, -0.2) is 23.3 Å². The molecule has 1 atom stereocenters. The molecule has 2 rings (SSSR count). The number of Topliss-reactive ketones (excluding diaryl/α,β-unsaturated/α-hetero) is 1. The fourth-order valence-corrected chi connectivity index (χ4v) is 2.39. The molecule has 102 valence electrons. The molecule has 5 heteroatoms. The normalized spacial score (nSPS) is 19.7. The van der Waals surface area contributed by atoms with Crippen molar-refractivity contribution in [1.29, 1.82) is 0 Å². The van der Waals surface area contributed by atoms with Crippen LogP contribution in [0, 0.1) is 10.1 Å². The van der Waals surface area contributed by atoms with Gasteiger partial charge in [-0.15, -0.1) is 0 Å². The molecule has 0 aromatic heterocycles. The summed E-state index contributed by atoms with van der Waals surface area (Å²) in [5.74, 6) is 0.0503. The van der Waals surface area contributed by atoms with Gasteiger partial charge in [0.25, 0.3) is 5.69 Å². The van der Waals surface area contributed by atoms with Gasteiger partial charge in [-0.3, -0.25) is 14.9 Å². The lowest BCUT2D eigenvalue weighted by Crippen LogP contribution is -2.30. The summed E-state index contributed by atoms with van der Waals surface area (Å²) >= 11 is 0. The first-order chi connectivity index (χ1) is 9.16. The van der Waals surface area contributed by atoms with E-state index < -0.39 is 4.92 Å². The van der Waals surface area contributed by atoms with E-state index >= 15 is 0 Å². The number of carbonyl (C=O) groups is 1. The fraction of sp³-hybridized carbons (Fsp3) is 0.500. The van der Waals surface area contributed by atoms with E-state index in [2.05, 4.69) is 5.32 Å². The Kier molecular flexibility index (Phi) is 4.63. The lowest BCUT2D eigenvalue weighted by molar-refractivity contribution is -0.384. The predicted molar refractivity (Wildman–Crippen MR) is 72.3 cm³/mol. The molecular weight excluding hydrogens is 244 g/mol. The molecule has 0 amide bonds. The van der Waals surface area contributed by atoms with E-state index in [0.717, 1.165) is 19.4 Å². The Labute approximate surface area is 112 Å². The molecule has 0 saturated carbocycles. The van der Waals surface area contributed by atoms with Crippen LogP contribution in [-0.2, 0) is 0 Å². The molecule has 5 nitrogen and oxygen atoms in total. The molecular formula is C14H18N2O3. The molecule has 1 N–H and O–H groups in total. The molecule has 1 aliphatic heterocycles. The summed E-state index contributed by atoms with van der Waals surface area (Å²) in [4.78, 5) is 22.2. The van der Waals surface area contributed by atoms with Crippen LogP contribution in [0.3, 0.4) is 0 Å². The number of nitrogens with one attached hydrogen (secondary N) is 1. The third-order valence-electron chi connectivity index (χ3n) is 3.49. The van der Waals surface area contributed by atoms with E-state index in [1.807, 2.05) is 0 Å². The van der Waals surface area contributed by atoms with Gasteiger partial charge < -0.3 is 5.32 Å².